The largest absolute Gasteiger partial charge is 0.358 e. The van der Waals surface area contributed by atoms with Crippen molar-refractivity contribution in [1.29, 1.82) is 0 Å². The number of nitrogens with one attached hydrogen (secondary N) is 1. The van der Waals surface area contributed by atoms with Gasteiger partial charge in [0.05, 0.1) is 0 Å². The van der Waals surface area contributed by atoms with E-state index >= 15 is 0 Å². The first kappa shape index (κ1) is 10.3. The lowest BCUT2D eigenvalue weighted by molar-refractivity contribution is -0.109. The van der Waals surface area contributed by atoms with Crippen LogP contribution in [0.4, 0.5) is 8.78 Å². The molecule has 0 heterocycles. The van der Waals surface area contributed by atoms with E-state index in [9.17, 15) is 13.6 Å². The Kier molecular flexibility index (Phi) is 4.74. The van der Waals surface area contributed by atoms with Crippen molar-refractivity contribution >= 4 is 6.41 Å². The van der Waals surface area contributed by atoms with Gasteiger partial charge in [0, 0.05) is 19.4 Å². The third kappa shape index (κ3) is 5.76. The molecule has 0 aromatic rings. The Morgan fingerprint density at radius 2 is 2.09 bits per heavy atom. The first-order valence-corrected chi connectivity index (χ1v) is 3.67. The van der Waals surface area contributed by atoms with E-state index in [-0.39, 0.29) is 19.4 Å². The zero-order valence-corrected chi connectivity index (χ0v) is 6.57. The van der Waals surface area contributed by atoms with Crippen LogP contribution in [0.1, 0.15) is 26.2 Å². The van der Waals surface area contributed by atoms with Crippen LogP contribution < -0.4 is 5.32 Å². The highest BCUT2D eigenvalue weighted by Crippen LogP contribution is 2.23. The normalized spacial score (nSPS) is 11.2. The molecule has 0 aliphatic heterocycles. The van der Waals surface area contributed by atoms with Crippen LogP contribution in [0, 0.1) is 0 Å². The van der Waals surface area contributed by atoms with E-state index in [1.54, 1.807) is 6.92 Å². The summed E-state index contributed by atoms with van der Waals surface area (Å²) in [5.74, 6) is -2.62. The monoisotopic (exact) mass is 165 g/mol. The molecule has 0 aliphatic rings. The van der Waals surface area contributed by atoms with Crippen molar-refractivity contribution in [3.05, 3.63) is 0 Å². The fourth-order valence-corrected chi connectivity index (χ4v) is 0.805. The van der Waals surface area contributed by atoms with E-state index in [4.69, 9.17) is 0 Å². The Morgan fingerprint density at radius 1 is 1.45 bits per heavy atom. The molecule has 0 saturated heterocycles. The lowest BCUT2D eigenvalue weighted by atomic mass is 10.1. The van der Waals surface area contributed by atoms with Crippen LogP contribution in [-0.2, 0) is 4.79 Å². The van der Waals surface area contributed by atoms with Gasteiger partial charge >= 0.3 is 0 Å². The number of hydrogen-bond acceptors (Lipinski definition) is 1. The highest BCUT2D eigenvalue weighted by atomic mass is 19.3. The van der Waals surface area contributed by atoms with Gasteiger partial charge in [0.1, 0.15) is 0 Å². The molecule has 11 heavy (non-hydrogen) atoms. The lowest BCUT2D eigenvalue weighted by Crippen LogP contribution is -2.23. The number of halogens is 2. The van der Waals surface area contributed by atoms with Gasteiger partial charge in [-0.25, -0.2) is 8.78 Å². The Morgan fingerprint density at radius 3 is 2.55 bits per heavy atom. The molecular formula is C7H13F2NO. The van der Waals surface area contributed by atoms with Crippen molar-refractivity contribution in [2.75, 3.05) is 6.54 Å². The van der Waals surface area contributed by atoms with E-state index in [2.05, 4.69) is 5.32 Å². The van der Waals surface area contributed by atoms with Gasteiger partial charge < -0.3 is 5.32 Å². The summed E-state index contributed by atoms with van der Waals surface area (Å²) in [6.07, 6.45) is 0.531. The second kappa shape index (κ2) is 5.04. The van der Waals surface area contributed by atoms with Crippen molar-refractivity contribution < 1.29 is 13.6 Å². The van der Waals surface area contributed by atoms with E-state index in [0.717, 1.165) is 0 Å². The van der Waals surface area contributed by atoms with Gasteiger partial charge in [-0.05, 0) is 0 Å². The molecule has 0 bridgehead atoms. The van der Waals surface area contributed by atoms with Crippen molar-refractivity contribution in [3.8, 4) is 0 Å². The van der Waals surface area contributed by atoms with E-state index in [0.29, 0.717) is 12.8 Å². The van der Waals surface area contributed by atoms with Gasteiger partial charge in [0.25, 0.3) is 0 Å². The minimum atomic E-state index is -2.62. The predicted octanol–water partition coefficient (Wildman–Crippen LogP) is 1.56. The summed E-state index contributed by atoms with van der Waals surface area (Å²) in [4.78, 5) is 9.69. The number of rotatable bonds is 6. The fourth-order valence-electron chi connectivity index (χ4n) is 0.805. The number of amides is 1. The summed E-state index contributed by atoms with van der Waals surface area (Å²) in [5.41, 5.74) is 0. The molecule has 4 heteroatoms. The van der Waals surface area contributed by atoms with Crippen LogP contribution in [0.25, 0.3) is 0 Å². The number of hydrogen-bond donors (Lipinski definition) is 1. The smallest absolute Gasteiger partial charge is 0.249 e. The Hall–Kier alpha value is -0.670. The summed E-state index contributed by atoms with van der Waals surface area (Å²) >= 11 is 0. The lowest BCUT2D eigenvalue weighted by Gasteiger charge is -2.13. The Bertz CT molecular complexity index is 117. The van der Waals surface area contributed by atoms with Gasteiger partial charge in [-0.3, -0.25) is 4.79 Å². The molecule has 2 nitrogen and oxygen atoms in total. The molecule has 66 valence electrons. The van der Waals surface area contributed by atoms with Gasteiger partial charge in [0.2, 0.25) is 12.3 Å². The van der Waals surface area contributed by atoms with Gasteiger partial charge in [-0.2, -0.15) is 0 Å². The maximum atomic E-state index is 12.6. The second-order valence-corrected chi connectivity index (χ2v) is 2.43. The van der Waals surface area contributed by atoms with Crippen molar-refractivity contribution in [2.24, 2.45) is 0 Å². The van der Waals surface area contributed by atoms with Crippen molar-refractivity contribution in [2.45, 2.75) is 32.1 Å². The molecule has 0 radical (unpaired) electrons. The van der Waals surface area contributed by atoms with E-state index in [1.807, 2.05) is 0 Å². The standard InChI is InChI=1S/C7H13F2NO/c1-2-3-7(8,9)4-5-10-6-11/h6H,2-5H2,1H3,(H,10,11). The van der Waals surface area contributed by atoms with Crippen molar-refractivity contribution in [1.82, 2.24) is 5.32 Å². The highest BCUT2D eigenvalue weighted by molar-refractivity contribution is 5.45. The third-order valence-corrected chi connectivity index (χ3v) is 1.33. The third-order valence-electron chi connectivity index (χ3n) is 1.33. The number of alkyl halides is 2. The molecule has 0 spiro atoms. The average Bonchev–Trinajstić information content (AvgIpc) is 1.87. The van der Waals surface area contributed by atoms with Crippen molar-refractivity contribution in [3.63, 3.8) is 0 Å². The zero-order chi connectivity index (χ0) is 8.74. The van der Waals surface area contributed by atoms with Gasteiger partial charge in [-0.15, -0.1) is 0 Å². The summed E-state index contributed by atoms with van der Waals surface area (Å²) in [6.45, 7) is 1.76. The fraction of sp³-hybridized carbons (Fsp3) is 0.857. The van der Waals surface area contributed by atoms with Crippen LogP contribution in [0.5, 0.6) is 0 Å². The first-order chi connectivity index (χ1) is 5.12. The van der Waals surface area contributed by atoms with Crippen LogP contribution in [-0.4, -0.2) is 18.9 Å². The molecule has 0 unspecified atom stereocenters. The molecule has 0 saturated carbocycles. The summed E-state index contributed by atoms with van der Waals surface area (Å²) in [5, 5.41) is 2.20. The minimum Gasteiger partial charge on any atom is -0.358 e. The molecule has 0 atom stereocenters. The van der Waals surface area contributed by atoms with Crippen LogP contribution in [0.15, 0.2) is 0 Å². The molecule has 0 aliphatic carbocycles. The van der Waals surface area contributed by atoms with Gasteiger partial charge in [-0.1, -0.05) is 13.3 Å². The molecule has 0 aromatic heterocycles. The molecule has 0 fully saturated rings. The molecule has 1 N–H and O–H groups in total. The van der Waals surface area contributed by atoms with E-state index in [1.165, 1.54) is 0 Å². The zero-order valence-electron chi connectivity index (χ0n) is 6.57. The molecular weight excluding hydrogens is 152 g/mol. The maximum absolute atomic E-state index is 12.6. The Balaban J connectivity index is 3.45. The number of carbonyl (C=O) groups excluding carboxylic acids is 1. The SMILES string of the molecule is CCCC(F)(F)CCNC=O. The average molecular weight is 165 g/mol. The minimum absolute atomic E-state index is 0.0521. The van der Waals surface area contributed by atoms with Crippen LogP contribution >= 0.6 is 0 Å². The topological polar surface area (TPSA) is 29.1 Å². The van der Waals surface area contributed by atoms with Crippen LogP contribution in [0.3, 0.4) is 0 Å². The molecule has 0 rings (SSSR count). The quantitative estimate of drug-likeness (QED) is 0.469. The summed E-state index contributed by atoms with van der Waals surface area (Å²) < 4.78 is 25.2. The predicted molar refractivity (Wildman–Crippen MR) is 38.5 cm³/mol. The summed E-state index contributed by atoms with van der Waals surface area (Å²) in [7, 11) is 0. The van der Waals surface area contributed by atoms with Crippen LogP contribution in [0.2, 0.25) is 0 Å². The molecule has 1 amide bonds. The highest BCUT2D eigenvalue weighted by Gasteiger charge is 2.26. The Labute approximate surface area is 65.0 Å². The van der Waals surface area contributed by atoms with Gasteiger partial charge in [0.15, 0.2) is 0 Å². The summed E-state index contributed by atoms with van der Waals surface area (Å²) in [6, 6.07) is 0. The number of carbonyl (C=O) groups is 1. The second-order valence-electron chi connectivity index (χ2n) is 2.43. The maximum Gasteiger partial charge on any atom is 0.249 e. The first-order valence-electron chi connectivity index (χ1n) is 3.67. The van der Waals surface area contributed by atoms with E-state index < -0.39 is 5.92 Å². The molecule has 0 aromatic carbocycles.